The lowest BCUT2D eigenvalue weighted by molar-refractivity contribution is -0.00982. The highest BCUT2D eigenvalue weighted by Gasteiger charge is 2.40. The van der Waals surface area contributed by atoms with Gasteiger partial charge in [0.15, 0.2) is 0 Å². The van der Waals surface area contributed by atoms with Gasteiger partial charge in [0.2, 0.25) is 0 Å². The van der Waals surface area contributed by atoms with Crippen LogP contribution in [0.4, 0.5) is 4.79 Å². The van der Waals surface area contributed by atoms with Crippen LogP contribution in [0.25, 0.3) is 0 Å². The third-order valence-corrected chi connectivity index (χ3v) is 5.06. The summed E-state index contributed by atoms with van der Waals surface area (Å²) < 4.78 is 17.0. The molecular formula is C25H31NO5. The summed E-state index contributed by atoms with van der Waals surface area (Å²) in [4.78, 5) is 27.0. The molecule has 6 heteroatoms. The molecule has 1 fully saturated rings. The lowest BCUT2D eigenvalue weighted by atomic mass is 10.2. The summed E-state index contributed by atoms with van der Waals surface area (Å²) in [7, 11) is 0. The van der Waals surface area contributed by atoms with Gasteiger partial charge in [-0.25, -0.2) is 9.59 Å². The van der Waals surface area contributed by atoms with Gasteiger partial charge < -0.3 is 14.2 Å². The van der Waals surface area contributed by atoms with E-state index in [0.717, 1.165) is 18.4 Å². The monoisotopic (exact) mass is 425 g/mol. The van der Waals surface area contributed by atoms with Crippen LogP contribution in [0.5, 0.6) is 0 Å². The van der Waals surface area contributed by atoms with Crippen LogP contribution in [0.1, 0.15) is 49.5 Å². The molecule has 2 aromatic carbocycles. The Bertz CT molecular complexity index is 847. The molecule has 0 aliphatic carbocycles. The maximum Gasteiger partial charge on any atom is 0.410 e. The van der Waals surface area contributed by atoms with Gasteiger partial charge in [0, 0.05) is 0 Å². The van der Waals surface area contributed by atoms with Crippen molar-refractivity contribution < 1.29 is 23.8 Å². The standard InChI is InChI=1S/C25H31NO5/c1-25(2,3)31-24(28)26-21(17-29-16-19-10-6-4-7-11-19)14-15-22(26)18-30-23(27)20-12-8-5-9-13-20/h4-13,21-22H,14-18H2,1-3H3. The minimum absolute atomic E-state index is 0.126. The second kappa shape index (κ2) is 10.4. The molecule has 2 atom stereocenters. The highest BCUT2D eigenvalue weighted by atomic mass is 16.6. The van der Waals surface area contributed by atoms with E-state index in [4.69, 9.17) is 14.2 Å². The summed E-state index contributed by atoms with van der Waals surface area (Å²) in [5.74, 6) is -0.395. The van der Waals surface area contributed by atoms with E-state index in [-0.39, 0.29) is 18.7 Å². The molecule has 1 aliphatic heterocycles. The Morgan fingerprint density at radius 3 is 2.10 bits per heavy atom. The molecule has 166 valence electrons. The van der Waals surface area contributed by atoms with E-state index < -0.39 is 17.7 Å². The minimum Gasteiger partial charge on any atom is -0.460 e. The predicted molar refractivity (Wildman–Crippen MR) is 118 cm³/mol. The minimum atomic E-state index is -0.611. The fraction of sp³-hybridized carbons (Fsp3) is 0.440. The van der Waals surface area contributed by atoms with Crippen molar-refractivity contribution in [2.75, 3.05) is 13.2 Å². The van der Waals surface area contributed by atoms with Crippen LogP contribution in [0, 0.1) is 0 Å². The zero-order valence-corrected chi connectivity index (χ0v) is 18.5. The third kappa shape index (κ3) is 6.82. The van der Waals surface area contributed by atoms with Gasteiger partial charge >= 0.3 is 12.1 Å². The number of hydrogen-bond donors (Lipinski definition) is 0. The second-order valence-electron chi connectivity index (χ2n) is 8.74. The fourth-order valence-corrected chi connectivity index (χ4v) is 3.62. The molecular weight excluding hydrogens is 394 g/mol. The molecule has 0 bridgehead atoms. The van der Waals surface area contributed by atoms with Crippen LogP contribution < -0.4 is 0 Å². The van der Waals surface area contributed by atoms with Crippen LogP contribution in [-0.2, 0) is 20.8 Å². The molecule has 0 saturated carbocycles. The first-order chi connectivity index (χ1) is 14.8. The molecule has 0 radical (unpaired) electrons. The number of amides is 1. The number of carbonyl (C=O) groups is 2. The number of hydrogen-bond acceptors (Lipinski definition) is 5. The zero-order valence-electron chi connectivity index (χ0n) is 18.5. The summed E-state index contributed by atoms with van der Waals surface area (Å²) in [5, 5.41) is 0. The Hall–Kier alpha value is -2.86. The fourth-order valence-electron chi connectivity index (χ4n) is 3.62. The average molecular weight is 426 g/mol. The predicted octanol–water partition coefficient (Wildman–Crippen LogP) is 4.83. The number of esters is 1. The number of nitrogens with zero attached hydrogens (tertiary/aromatic N) is 1. The molecule has 31 heavy (non-hydrogen) atoms. The summed E-state index contributed by atoms with van der Waals surface area (Å²) in [6.07, 6.45) is 1.08. The Morgan fingerprint density at radius 2 is 1.48 bits per heavy atom. The maximum atomic E-state index is 12.9. The second-order valence-corrected chi connectivity index (χ2v) is 8.74. The largest absolute Gasteiger partial charge is 0.460 e. The van der Waals surface area contributed by atoms with Gasteiger partial charge in [-0.05, 0) is 51.3 Å². The van der Waals surface area contributed by atoms with E-state index in [1.807, 2.05) is 57.2 Å². The zero-order chi connectivity index (χ0) is 22.3. The van der Waals surface area contributed by atoms with Gasteiger partial charge in [-0.3, -0.25) is 4.90 Å². The Labute approximate surface area is 184 Å². The molecule has 1 aliphatic rings. The Balaban J connectivity index is 1.61. The quantitative estimate of drug-likeness (QED) is 0.595. The van der Waals surface area contributed by atoms with Crippen molar-refractivity contribution in [3.63, 3.8) is 0 Å². The Kier molecular flexibility index (Phi) is 7.69. The van der Waals surface area contributed by atoms with Crippen molar-refractivity contribution in [1.29, 1.82) is 0 Å². The summed E-state index contributed by atoms with van der Waals surface area (Å²) >= 11 is 0. The topological polar surface area (TPSA) is 65.1 Å². The van der Waals surface area contributed by atoms with Gasteiger partial charge in [-0.2, -0.15) is 0 Å². The first-order valence-corrected chi connectivity index (χ1v) is 10.7. The summed E-state index contributed by atoms with van der Waals surface area (Å²) in [6, 6.07) is 18.4. The number of benzene rings is 2. The molecule has 2 aromatic rings. The van der Waals surface area contributed by atoms with Crippen LogP contribution in [-0.4, -0.2) is 47.9 Å². The van der Waals surface area contributed by atoms with Crippen molar-refractivity contribution in [2.45, 2.75) is 57.9 Å². The average Bonchev–Trinajstić information content (AvgIpc) is 3.15. The van der Waals surface area contributed by atoms with Gasteiger partial charge in [0.25, 0.3) is 0 Å². The van der Waals surface area contributed by atoms with Crippen LogP contribution in [0.15, 0.2) is 60.7 Å². The number of rotatable bonds is 7. The van der Waals surface area contributed by atoms with Gasteiger partial charge in [0.05, 0.1) is 30.9 Å². The molecule has 0 spiro atoms. The van der Waals surface area contributed by atoms with E-state index in [2.05, 4.69) is 0 Å². The van der Waals surface area contributed by atoms with Gasteiger partial charge in [-0.15, -0.1) is 0 Å². The van der Waals surface area contributed by atoms with Crippen LogP contribution in [0.2, 0.25) is 0 Å². The van der Waals surface area contributed by atoms with Crippen molar-refractivity contribution in [1.82, 2.24) is 4.90 Å². The van der Waals surface area contributed by atoms with Crippen molar-refractivity contribution in [3.05, 3.63) is 71.8 Å². The number of likely N-dealkylation sites (tertiary alicyclic amines) is 1. The van der Waals surface area contributed by atoms with E-state index in [1.165, 1.54) is 0 Å². The first-order valence-electron chi connectivity index (χ1n) is 10.7. The lowest BCUT2D eigenvalue weighted by Crippen LogP contribution is -2.47. The van der Waals surface area contributed by atoms with Gasteiger partial charge in [-0.1, -0.05) is 48.5 Å². The molecule has 0 aromatic heterocycles. The maximum absolute atomic E-state index is 12.9. The lowest BCUT2D eigenvalue weighted by Gasteiger charge is -2.32. The smallest absolute Gasteiger partial charge is 0.410 e. The molecule has 6 nitrogen and oxygen atoms in total. The van der Waals surface area contributed by atoms with Crippen molar-refractivity contribution >= 4 is 12.1 Å². The van der Waals surface area contributed by atoms with Crippen molar-refractivity contribution in [2.24, 2.45) is 0 Å². The van der Waals surface area contributed by atoms with E-state index in [0.29, 0.717) is 18.8 Å². The highest BCUT2D eigenvalue weighted by Crippen LogP contribution is 2.27. The molecule has 0 N–H and O–H groups in total. The van der Waals surface area contributed by atoms with Crippen molar-refractivity contribution in [3.8, 4) is 0 Å². The Morgan fingerprint density at radius 1 is 0.903 bits per heavy atom. The van der Waals surface area contributed by atoms with E-state index in [9.17, 15) is 9.59 Å². The third-order valence-electron chi connectivity index (χ3n) is 5.06. The molecule has 2 unspecified atom stereocenters. The molecule has 3 rings (SSSR count). The first kappa shape index (κ1) is 22.8. The van der Waals surface area contributed by atoms with Crippen LogP contribution >= 0.6 is 0 Å². The molecule has 1 heterocycles. The number of carbonyl (C=O) groups excluding carboxylic acids is 2. The summed E-state index contributed by atoms with van der Waals surface area (Å²) in [5.41, 5.74) is 0.963. The van der Waals surface area contributed by atoms with E-state index >= 15 is 0 Å². The number of ether oxygens (including phenoxy) is 3. The molecule has 1 saturated heterocycles. The normalized spacial score (nSPS) is 18.6. The van der Waals surface area contributed by atoms with Gasteiger partial charge in [0.1, 0.15) is 12.2 Å². The highest BCUT2D eigenvalue weighted by molar-refractivity contribution is 5.89. The summed E-state index contributed by atoms with van der Waals surface area (Å²) in [6.45, 7) is 6.53. The molecule has 1 amide bonds. The van der Waals surface area contributed by atoms with E-state index in [1.54, 1.807) is 29.2 Å². The SMILES string of the molecule is CC(C)(C)OC(=O)N1C(COCc2ccccc2)CCC1COC(=O)c1ccccc1. The van der Waals surface area contributed by atoms with Crippen LogP contribution in [0.3, 0.4) is 0 Å².